The van der Waals surface area contributed by atoms with Crippen LogP contribution in [0.4, 0.5) is 0 Å². The lowest BCUT2D eigenvalue weighted by molar-refractivity contribution is 0.451. The van der Waals surface area contributed by atoms with Crippen LogP contribution in [-0.4, -0.2) is 16.0 Å². The normalized spacial score (nSPS) is 10.8. The Kier molecular flexibility index (Phi) is 3.70. The number of unbranched alkanes of at least 4 members (excludes halogenated alkanes) is 1. The van der Waals surface area contributed by atoms with Gasteiger partial charge in [-0.15, -0.1) is 10.2 Å². The van der Waals surface area contributed by atoms with Gasteiger partial charge >= 0.3 is 0 Å². The summed E-state index contributed by atoms with van der Waals surface area (Å²) < 4.78 is 11.2. The molecular weight excluding hydrogens is 274 g/mol. The molecule has 100 valence electrons. The molecule has 0 aliphatic heterocycles. The topological polar surface area (TPSA) is 75.8 Å². The summed E-state index contributed by atoms with van der Waals surface area (Å²) in [5.41, 5.74) is 0.795. The van der Waals surface area contributed by atoms with Crippen LogP contribution in [0.25, 0.3) is 22.6 Å². The lowest BCUT2D eigenvalue weighted by Crippen LogP contribution is -1.78. The van der Waals surface area contributed by atoms with E-state index in [9.17, 15) is 0 Å². The van der Waals surface area contributed by atoms with E-state index in [0.29, 0.717) is 23.3 Å². The van der Waals surface area contributed by atoms with Gasteiger partial charge in [0.2, 0.25) is 0 Å². The molecule has 20 heavy (non-hydrogen) atoms. The number of nitrogens with zero attached hydrogens (tertiary/aromatic N) is 3. The largest absolute Gasteiger partial charge is 0.451 e. The van der Waals surface area contributed by atoms with Crippen molar-refractivity contribution >= 4 is 22.7 Å². The quantitative estimate of drug-likeness (QED) is 0.523. The Morgan fingerprint density at radius 3 is 2.95 bits per heavy atom. The molecule has 2 aromatic heterocycles. The van der Waals surface area contributed by atoms with Crippen LogP contribution in [0.15, 0.2) is 44.4 Å². The Morgan fingerprint density at radius 2 is 2.10 bits per heavy atom. The van der Waals surface area contributed by atoms with Crippen LogP contribution in [0.3, 0.4) is 0 Å². The molecule has 0 amide bonds. The van der Waals surface area contributed by atoms with Crippen molar-refractivity contribution in [3.8, 4) is 17.7 Å². The van der Waals surface area contributed by atoms with Crippen molar-refractivity contribution in [2.24, 2.45) is 0 Å². The second-order valence-corrected chi connectivity index (χ2v) is 5.18. The third-order valence-corrected chi connectivity index (χ3v) is 3.61. The first kappa shape index (κ1) is 12.8. The summed E-state index contributed by atoms with van der Waals surface area (Å²) in [6.45, 7) is 0. The first-order chi connectivity index (χ1) is 9.86. The van der Waals surface area contributed by atoms with Crippen LogP contribution in [0, 0.1) is 11.3 Å². The fourth-order valence-electron chi connectivity index (χ4n) is 1.77. The SMILES string of the molecule is N#CCCCSc1nnc(-c2cc3ccccc3o2)o1. The van der Waals surface area contributed by atoms with Gasteiger partial charge in [-0.25, -0.2) is 0 Å². The number of nitriles is 1. The fraction of sp³-hybridized carbons (Fsp3) is 0.214. The van der Waals surface area contributed by atoms with E-state index in [1.807, 2.05) is 30.3 Å². The van der Waals surface area contributed by atoms with Crippen LogP contribution in [0.2, 0.25) is 0 Å². The van der Waals surface area contributed by atoms with E-state index in [1.54, 1.807) is 0 Å². The highest BCUT2D eigenvalue weighted by Crippen LogP contribution is 2.28. The minimum Gasteiger partial charge on any atom is -0.451 e. The number of rotatable bonds is 5. The van der Waals surface area contributed by atoms with Crippen molar-refractivity contribution in [1.29, 1.82) is 5.26 Å². The summed E-state index contributed by atoms with van der Waals surface area (Å²) in [4.78, 5) is 0. The first-order valence-corrected chi connectivity index (χ1v) is 7.17. The number of hydrogen-bond acceptors (Lipinski definition) is 6. The van der Waals surface area contributed by atoms with Gasteiger partial charge in [0.15, 0.2) is 5.76 Å². The molecule has 0 spiro atoms. The molecule has 0 unspecified atom stereocenters. The molecule has 3 aromatic rings. The Bertz CT molecular complexity index is 724. The van der Waals surface area contributed by atoms with Gasteiger partial charge < -0.3 is 8.83 Å². The van der Waals surface area contributed by atoms with Crippen LogP contribution in [0.5, 0.6) is 0 Å². The van der Waals surface area contributed by atoms with Gasteiger partial charge in [-0.2, -0.15) is 5.26 Å². The number of aromatic nitrogens is 2. The lowest BCUT2D eigenvalue weighted by Gasteiger charge is -1.91. The minimum absolute atomic E-state index is 0.379. The van der Waals surface area contributed by atoms with Gasteiger partial charge in [0.05, 0.1) is 6.07 Å². The van der Waals surface area contributed by atoms with E-state index in [4.69, 9.17) is 14.1 Å². The van der Waals surface area contributed by atoms with Crippen molar-refractivity contribution in [3.63, 3.8) is 0 Å². The number of hydrogen-bond donors (Lipinski definition) is 0. The molecule has 2 heterocycles. The Hall–Kier alpha value is -2.26. The van der Waals surface area contributed by atoms with E-state index in [2.05, 4.69) is 16.3 Å². The van der Waals surface area contributed by atoms with Crippen molar-refractivity contribution < 1.29 is 8.83 Å². The number of benzene rings is 1. The van der Waals surface area contributed by atoms with Crippen LogP contribution in [0.1, 0.15) is 12.8 Å². The molecule has 6 heteroatoms. The standard InChI is InChI=1S/C14H11N3O2S/c15-7-3-4-8-20-14-17-16-13(19-14)12-9-10-5-1-2-6-11(10)18-12/h1-2,5-6,9H,3-4,8H2. The zero-order chi connectivity index (χ0) is 13.8. The number of thioether (sulfide) groups is 1. The average Bonchev–Trinajstić information content (AvgIpc) is 3.09. The van der Waals surface area contributed by atoms with Crippen LogP contribution in [-0.2, 0) is 0 Å². The highest BCUT2D eigenvalue weighted by atomic mass is 32.2. The second-order valence-electron chi connectivity index (χ2n) is 4.13. The molecule has 0 aliphatic carbocycles. The Balaban J connectivity index is 1.74. The molecule has 0 radical (unpaired) electrons. The van der Waals surface area contributed by atoms with Gasteiger partial charge in [-0.3, -0.25) is 0 Å². The summed E-state index contributed by atoms with van der Waals surface area (Å²) in [6, 6.07) is 11.7. The van der Waals surface area contributed by atoms with Crippen molar-refractivity contribution in [3.05, 3.63) is 30.3 Å². The predicted molar refractivity (Wildman–Crippen MR) is 75.1 cm³/mol. The van der Waals surface area contributed by atoms with Crippen molar-refractivity contribution in [1.82, 2.24) is 10.2 Å². The summed E-state index contributed by atoms with van der Waals surface area (Å²) >= 11 is 1.45. The van der Waals surface area contributed by atoms with Crippen LogP contribution < -0.4 is 0 Å². The average molecular weight is 285 g/mol. The molecule has 5 nitrogen and oxygen atoms in total. The van der Waals surface area contributed by atoms with E-state index in [-0.39, 0.29) is 0 Å². The Morgan fingerprint density at radius 1 is 1.20 bits per heavy atom. The molecule has 1 aromatic carbocycles. The summed E-state index contributed by atoms with van der Waals surface area (Å²) in [5.74, 6) is 1.74. The van der Waals surface area contributed by atoms with E-state index in [1.165, 1.54) is 11.8 Å². The van der Waals surface area contributed by atoms with E-state index >= 15 is 0 Å². The second kappa shape index (κ2) is 5.80. The van der Waals surface area contributed by atoms with E-state index in [0.717, 1.165) is 23.1 Å². The molecular formula is C14H11N3O2S. The molecule has 0 fully saturated rings. The smallest absolute Gasteiger partial charge is 0.284 e. The molecule has 0 atom stereocenters. The zero-order valence-electron chi connectivity index (χ0n) is 10.6. The minimum atomic E-state index is 0.379. The van der Waals surface area contributed by atoms with Crippen molar-refractivity contribution in [2.45, 2.75) is 18.1 Å². The monoisotopic (exact) mass is 285 g/mol. The molecule has 0 N–H and O–H groups in total. The number of fused-ring (bicyclic) bond motifs is 1. The molecule has 0 bridgehead atoms. The Labute approximate surface area is 119 Å². The number of para-hydroxylation sites is 1. The molecule has 3 rings (SSSR count). The van der Waals surface area contributed by atoms with Gasteiger partial charge in [0.1, 0.15) is 5.58 Å². The molecule has 0 saturated carbocycles. The maximum atomic E-state index is 8.46. The first-order valence-electron chi connectivity index (χ1n) is 6.19. The third-order valence-electron chi connectivity index (χ3n) is 2.70. The van der Waals surface area contributed by atoms with Gasteiger partial charge in [0, 0.05) is 17.6 Å². The predicted octanol–water partition coefficient (Wildman–Crippen LogP) is 3.88. The summed E-state index contributed by atoms with van der Waals surface area (Å²) in [5, 5.41) is 17.9. The van der Waals surface area contributed by atoms with Crippen molar-refractivity contribution in [2.75, 3.05) is 5.75 Å². The fourth-order valence-corrected chi connectivity index (χ4v) is 2.47. The third kappa shape index (κ3) is 2.68. The summed E-state index contributed by atoms with van der Waals surface area (Å²) in [6.07, 6.45) is 1.35. The molecule has 0 aliphatic rings. The van der Waals surface area contributed by atoms with Gasteiger partial charge in [-0.1, -0.05) is 30.0 Å². The highest BCUT2D eigenvalue weighted by Gasteiger charge is 2.13. The van der Waals surface area contributed by atoms with Crippen LogP contribution >= 0.6 is 11.8 Å². The summed E-state index contributed by atoms with van der Waals surface area (Å²) in [7, 11) is 0. The zero-order valence-corrected chi connectivity index (χ0v) is 11.4. The maximum absolute atomic E-state index is 8.46. The number of furan rings is 1. The highest BCUT2D eigenvalue weighted by molar-refractivity contribution is 7.99. The van der Waals surface area contributed by atoms with Gasteiger partial charge in [0.25, 0.3) is 11.1 Å². The van der Waals surface area contributed by atoms with Gasteiger partial charge in [-0.05, 0) is 18.6 Å². The molecule has 0 saturated heterocycles. The maximum Gasteiger partial charge on any atom is 0.284 e. The lowest BCUT2D eigenvalue weighted by atomic mass is 10.2. The van der Waals surface area contributed by atoms with E-state index < -0.39 is 0 Å².